The first-order valence-electron chi connectivity index (χ1n) is 16.4. The molecule has 1 aromatic rings. The highest BCUT2D eigenvalue weighted by atomic mass is 16.4. The normalized spacial score (nSPS) is 24.8. The maximum atomic E-state index is 13.2. The molecule has 0 aromatic carbocycles. The van der Waals surface area contributed by atoms with Gasteiger partial charge in [-0.1, -0.05) is 18.9 Å². The van der Waals surface area contributed by atoms with Crippen molar-refractivity contribution in [3.8, 4) is 0 Å². The Bertz CT molecular complexity index is 1160. The third-order valence-corrected chi connectivity index (χ3v) is 9.67. The van der Waals surface area contributed by atoms with Crippen molar-refractivity contribution >= 4 is 29.5 Å². The van der Waals surface area contributed by atoms with Crippen LogP contribution < -0.4 is 16.0 Å². The molecule has 2 saturated heterocycles. The van der Waals surface area contributed by atoms with Crippen molar-refractivity contribution in [3.05, 3.63) is 23.4 Å². The zero-order valence-corrected chi connectivity index (χ0v) is 25.3. The third-order valence-electron chi connectivity index (χ3n) is 9.67. The van der Waals surface area contributed by atoms with Crippen molar-refractivity contribution in [2.45, 2.75) is 83.1 Å². The first kappa shape index (κ1) is 31.2. The first-order valence-corrected chi connectivity index (χ1v) is 16.4. The molecule has 3 aliphatic heterocycles. The molecule has 4 N–H and O–H groups in total. The Hall–Kier alpha value is -3.21. The van der Waals surface area contributed by atoms with Crippen molar-refractivity contribution in [1.29, 1.82) is 0 Å². The highest BCUT2D eigenvalue weighted by molar-refractivity contribution is 5.90. The molecule has 4 aliphatic rings. The molecule has 236 valence electrons. The zero-order valence-electron chi connectivity index (χ0n) is 25.3. The molecule has 11 nitrogen and oxygen atoms in total. The molecule has 1 aliphatic carbocycles. The molecular weight excluding hydrogens is 548 g/mol. The lowest BCUT2D eigenvalue weighted by Gasteiger charge is -2.33. The maximum absolute atomic E-state index is 13.2. The van der Waals surface area contributed by atoms with Gasteiger partial charge in [-0.3, -0.25) is 14.4 Å². The Morgan fingerprint density at radius 1 is 0.953 bits per heavy atom. The Morgan fingerprint density at radius 3 is 2.53 bits per heavy atom. The van der Waals surface area contributed by atoms with Crippen LogP contribution in [0.5, 0.6) is 0 Å². The van der Waals surface area contributed by atoms with Crippen LogP contribution in [0.15, 0.2) is 12.1 Å². The average Bonchev–Trinajstić information content (AvgIpc) is 3.58. The number of carboxylic acids is 1. The van der Waals surface area contributed by atoms with E-state index in [4.69, 9.17) is 4.98 Å². The van der Waals surface area contributed by atoms with Crippen LogP contribution in [0.2, 0.25) is 0 Å². The minimum atomic E-state index is -1.24. The van der Waals surface area contributed by atoms with E-state index in [1.54, 1.807) is 0 Å². The van der Waals surface area contributed by atoms with Crippen LogP contribution in [-0.2, 0) is 32.0 Å². The molecular formula is C32H48N6O5. The summed E-state index contributed by atoms with van der Waals surface area (Å²) in [6.45, 7) is 4.72. The number of aromatic nitrogens is 1. The van der Waals surface area contributed by atoms with Gasteiger partial charge < -0.3 is 30.9 Å². The number of nitrogens with zero attached hydrogens (tertiary/aromatic N) is 3. The van der Waals surface area contributed by atoms with Gasteiger partial charge in [0.25, 0.3) is 0 Å². The molecule has 5 rings (SSSR count). The first-order chi connectivity index (χ1) is 20.9. The number of aliphatic carboxylic acids is 1. The quantitative estimate of drug-likeness (QED) is 0.305. The summed E-state index contributed by atoms with van der Waals surface area (Å²) in [5, 5.41) is 18.7. The molecule has 3 amide bonds. The molecule has 1 saturated carbocycles. The number of rotatable bonds is 11. The van der Waals surface area contributed by atoms with Crippen LogP contribution in [0, 0.1) is 17.8 Å². The van der Waals surface area contributed by atoms with Crippen LogP contribution in [0.4, 0.5) is 5.82 Å². The Balaban J connectivity index is 1.07. The molecule has 4 heterocycles. The van der Waals surface area contributed by atoms with Gasteiger partial charge in [0.15, 0.2) is 0 Å². The lowest BCUT2D eigenvalue weighted by atomic mass is 9.77. The Kier molecular flexibility index (Phi) is 10.9. The standard InChI is InChI=1S/C32H48N6O5/c39-29(23-9-6-16-37(21-23)17-7-10-24-14-13-22-8-5-15-33-28(22)35-24)34-20-27(32(42)43)36-30(40)25-11-1-2-12-26(25)31(41)38-18-3-4-19-38/h13-14,23,25-27H,1-12,15-21H2,(H,33,35)(H,34,39)(H,36,40)(H,42,43)/t23-,25-,26-,27+/m1/s1. The number of piperidine rings is 1. The monoisotopic (exact) mass is 596 g/mol. The number of carbonyl (C=O) groups excluding carboxylic acids is 3. The van der Waals surface area contributed by atoms with Crippen molar-refractivity contribution < 1.29 is 24.3 Å². The van der Waals surface area contributed by atoms with Crippen LogP contribution in [-0.4, -0.2) is 95.4 Å². The van der Waals surface area contributed by atoms with Gasteiger partial charge in [-0.2, -0.15) is 0 Å². The van der Waals surface area contributed by atoms with E-state index in [1.807, 2.05) is 4.90 Å². The van der Waals surface area contributed by atoms with Crippen LogP contribution in [0.25, 0.3) is 0 Å². The van der Waals surface area contributed by atoms with E-state index >= 15 is 0 Å². The number of amides is 3. The molecule has 1 aromatic heterocycles. The number of aryl methyl sites for hydroxylation is 2. The summed E-state index contributed by atoms with van der Waals surface area (Å²) in [5.74, 6) is -1.87. The predicted octanol–water partition coefficient (Wildman–Crippen LogP) is 2.20. The van der Waals surface area contributed by atoms with Crippen LogP contribution in [0.3, 0.4) is 0 Å². The van der Waals surface area contributed by atoms with Gasteiger partial charge in [0, 0.05) is 50.3 Å². The van der Waals surface area contributed by atoms with Crippen molar-refractivity contribution in [3.63, 3.8) is 0 Å². The zero-order chi connectivity index (χ0) is 30.2. The number of hydrogen-bond acceptors (Lipinski definition) is 7. The fourth-order valence-corrected chi connectivity index (χ4v) is 7.20. The van der Waals surface area contributed by atoms with Crippen molar-refractivity contribution in [1.82, 2.24) is 25.4 Å². The molecule has 4 atom stereocenters. The molecule has 3 fully saturated rings. The van der Waals surface area contributed by atoms with Gasteiger partial charge in [0.2, 0.25) is 17.7 Å². The molecule has 0 spiro atoms. The second-order valence-corrected chi connectivity index (χ2v) is 12.8. The molecule has 11 heteroatoms. The van der Waals surface area contributed by atoms with E-state index in [2.05, 4.69) is 33.0 Å². The second-order valence-electron chi connectivity index (χ2n) is 12.8. The summed E-state index contributed by atoms with van der Waals surface area (Å²) in [6, 6.07) is 3.06. The SMILES string of the molecule is O=C(NC[C@H](NC(=O)[C@@H]1CCCC[C@H]1C(=O)N1CCCC1)C(=O)O)[C@@H]1CCCN(CCCc2ccc3c(n2)NCCC3)C1. The fourth-order valence-electron chi connectivity index (χ4n) is 7.20. The largest absolute Gasteiger partial charge is 0.480 e. The molecule has 0 unspecified atom stereocenters. The summed E-state index contributed by atoms with van der Waals surface area (Å²) in [7, 11) is 0. The number of carbonyl (C=O) groups is 4. The molecule has 0 radical (unpaired) electrons. The van der Waals surface area contributed by atoms with Crippen molar-refractivity contribution in [2.75, 3.05) is 51.1 Å². The minimum Gasteiger partial charge on any atom is -0.480 e. The van der Waals surface area contributed by atoms with E-state index in [0.717, 1.165) is 108 Å². The Morgan fingerprint density at radius 2 is 1.74 bits per heavy atom. The maximum Gasteiger partial charge on any atom is 0.328 e. The van der Waals surface area contributed by atoms with Crippen molar-refractivity contribution in [2.24, 2.45) is 17.8 Å². The number of anilines is 1. The fraction of sp³-hybridized carbons (Fsp3) is 0.719. The summed E-state index contributed by atoms with van der Waals surface area (Å²) in [6.07, 6.45) is 10.7. The van der Waals surface area contributed by atoms with E-state index < -0.39 is 29.8 Å². The van der Waals surface area contributed by atoms with Gasteiger partial charge in [0.05, 0.1) is 5.92 Å². The molecule has 43 heavy (non-hydrogen) atoms. The summed E-state index contributed by atoms with van der Waals surface area (Å²) in [4.78, 5) is 60.4. The van der Waals surface area contributed by atoms with Gasteiger partial charge in [-0.25, -0.2) is 9.78 Å². The van der Waals surface area contributed by atoms with Gasteiger partial charge in [0.1, 0.15) is 11.9 Å². The summed E-state index contributed by atoms with van der Waals surface area (Å²) >= 11 is 0. The smallest absolute Gasteiger partial charge is 0.328 e. The lowest BCUT2D eigenvalue weighted by molar-refractivity contribution is -0.146. The second kappa shape index (κ2) is 15.0. The molecule has 0 bridgehead atoms. The van der Waals surface area contributed by atoms with Crippen LogP contribution >= 0.6 is 0 Å². The predicted molar refractivity (Wildman–Crippen MR) is 162 cm³/mol. The van der Waals surface area contributed by atoms with Gasteiger partial charge >= 0.3 is 5.97 Å². The average molecular weight is 597 g/mol. The van der Waals surface area contributed by atoms with E-state index in [-0.39, 0.29) is 24.3 Å². The lowest BCUT2D eigenvalue weighted by Crippen LogP contribution is -2.53. The summed E-state index contributed by atoms with van der Waals surface area (Å²) < 4.78 is 0. The number of hydrogen-bond donors (Lipinski definition) is 4. The summed E-state index contributed by atoms with van der Waals surface area (Å²) in [5.41, 5.74) is 2.37. The van der Waals surface area contributed by atoms with Crippen LogP contribution in [0.1, 0.15) is 75.5 Å². The minimum absolute atomic E-state index is 0.0235. The van der Waals surface area contributed by atoms with Gasteiger partial charge in [-0.05, 0) is 88.9 Å². The number of carboxylic acid groups (broad SMARTS) is 1. The number of fused-ring (bicyclic) bond motifs is 1. The number of nitrogens with one attached hydrogen (secondary N) is 3. The highest BCUT2D eigenvalue weighted by Gasteiger charge is 2.39. The van der Waals surface area contributed by atoms with E-state index in [1.165, 1.54) is 5.56 Å². The topological polar surface area (TPSA) is 144 Å². The highest BCUT2D eigenvalue weighted by Crippen LogP contribution is 2.33. The van der Waals surface area contributed by atoms with E-state index in [0.29, 0.717) is 19.4 Å². The number of likely N-dealkylation sites (tertiary alicyclic amines) is 2. The van der Waals surface area contributed by atoms with E-state index in [9.17, 15) is 24.3 Å². The Labute approximate surface area is 254 Å². The third kappa shape index (κ3) is 8.25. The number of pyridine rings is 1. The van der Waals surface area contributed by atoms with Gasteiger partial charge in [-0.15, -0.1) is 0 Å².